The predicted molar refractivity (Wildman–Crippen MR) is 91.5 cm³/mol. The van der Waals surface area contributed by atoms with Crippen molar-refractivity contribution < 1.29 is 4.39 Å². The van der Waals surface area contributed by atoms with Gasteiger partial charge in [-0.2, -0.15) is 0 Å². The first kappa shape index (κ1) is 14.5. The lowest BCUT2D eigenvalue weighted by atomic mass is 10.1. The van der Waals surface area contributed by atoms with E-state index in [1.54, 1.807) is 18.2 Å². The summed E-state index contributed by atoms with van der Waals surface area (Å²) in [4.78, 5) is 4.63. The normalized spacial score (nSPS) is 15.4. The molecule has 0 amide bonds. The molecule has 4 rings (SSSR count). The minimum Gasteiger partial charge on any atom is -0.367 e. The maximum absolute atomic E-state index is 14.5. The molecule has 1 aliphatic carbocycles. The van der Waals surface area contributed by atoms with Crippen LogP contribution in [0.25, 0.3) is 16.9 Å². The average molecular weight is 330 g/mol. The molecule has 0 atom stereocenters. The van der Waals surface area contributed by atoms with Gasteiger partial charge in [0.15, 0.2) is 5.82 Å². The molecule has 1 aliphatic rings. The molecule has 0 aliphatic heterocycles. The Hall–Kier alpha value is -2.07. The number of fused-ring (bicyclic) bond motifs is 1. The minimum atomic E-state index is -0.424. The Balaban J connectivity index is 1.89. The number of nitrogens with one attached hydrogen (secondary N) is 1. The molecule has 1 N–H and O–H groups in total. The zero-order valence-corrected chi connectivity index (χ0v) is 13.4. The van der Waals surface area contributed by atoms with Gasteiger partial charge < -0.3 is 5.32 Å². The summed E-state index contributed by atoms with van der Waals surface area (Å²) >= 11 is 5.96. The summed E-state index contributed by atoms with van der Waals surface area (Å²) in [5.74, 6) is 0.417. The second kappa shape index (κ2) is 5.85. The van der Waals surface area contributed by atoms with Crippen LogP contribution in [0.15, 0.2) is 42.6 Å². The number of hydrogen-bond donors (Lipinski definition) is 1. The number of imidazole rings is 1. The van der Waals surface area contributed by atoms with E-state index in [4.69, 9.17) is 11.6 Å². The van der Waals surface area contributed by atoms with E-state index in [9.17, 15) is 4.39 Å². The predicted octanol–water partition coefficient (Wildman–Crippen LogP) is 5.15. The number of rotatable bonds is 3. The van der Waals surface area contributed by atoms with Gasteiger partial charge in [0.1, 0.15) is 17.2 Å². The lowest BCUT2D eigenvalue weighted by Gasteiger charge is -2.15. The van der Waals surface area contributed by atoms with Crippen molar-refractivity contribution in [2.45, 2.75) is 31.7 Å². The maximum Gasteiger partial charge on any atom is 0.151 e. The topological polar surface area (TPSA) is 29.3 Å². The first-order valence-corrected chi connectivity index (χ1v) is 8.30. The highest BCUT2D eigenvalue weighted by atomic mass is 35.5. The Morgan fingerprint density at radius 2 is 1.96 bits per heavy atom. The molecule has 0 unspecified atom stereocenters. The summed E-state index contributed by atoms with van der Waals surface area (Å²) in [5.41, 5.74) is 1.84. The van der Waals surface area contributed by atoms with Crippen molar-refractivity contribution in [3.8, 4) is 11.3 Å². The van der Waals surface area contributed by atoms with Gasteiger partial charge in [0.05, 0.1) is 5.02 Å². The van der Waals surface area contributed by atoms with Crippen molar-refractivity contribution in [3.05, 3.63) is 53.4 Å². The second-order valence-electron chi connectivity index (χ2n) is 5.96. The van der Waals surface area contributed by atoms with Gasteiger partial charge >= 0.3 is 0 Å². The fourth-order valence-corrected chi connectivity index (χ4v) is 3.45. The van der Waals surface area contributed by atoms with Crippen molar-refractivity contribution in [3.63, 3.8) is 0 Å². The van der Waals surface area contributed by atoms with E-state index >= 15 is 0 Å². The van der Waals surface area contributed by atoms with Crippen LogP contribution in [0.1, 0.15) is 25.7 Å². The van der Waals surface area contributed by atoms with E-state index in [0.717, 1.165) is 24.3 Å². The molecule has 118 valence electrons. The van der Waals surface area contributed by atoms with Gasteiger partial charge in [-0.05, 0) is 37.1 Å². The Morgan fingerprint density at radius 1 is 1.13 bits per heavy atom. The highest BCUT2D eigenvalue weighted by Gasteiger charge is 2.22. The van der Waals surface area contributed by atoms with Gasteiger partial charge in [-0.3, -0.25) is 4.40 Å². The van der Waals surface area contributed by atoms with Crippen LogP contribution in [-0.2, 0) is 0 Å². The van der Waals surface area contributed by atoms with Crippen LogP contribution in [0.3, 0.4) is 0 Å². The SMILES string of the molecule is Fc1c(Cl)cccc1-c1nc2ccccn2c1NC1CCCC1. The van der Waals surface area contributed by atoms with Gasteiger partial charge in [0, 0.05) is 17.8 Å². The number of aromatic nitrogens is 2. The molecule has 5 heteroatoms. The van der Waals surface area contributed by atoms with E-state index in [-0.39, 0.29) is 5.02 Å². The lowest BCUT2D eigenvalue weighted by Crippen LogP contribution is -2.16. The quantitative estimate of drug-likeness (QED) is 0.720. The summed E-state index contributed by atoms with van der Waals surface area (Å²) in [7, 11) is 0. The second-order valence-corrected chi connectivity index (χ2v) is 6.37. The third-order valence-corrected chi connectivity index (χ3v) is 4.72. The number of pyridine rings is 1. The van der Waals surface area contributed by atoms with Gasteiger partial charge in [0.2, 0.25) is 0 Å². The third-order valence-electron chi connectivity index (χ3n) is 4.43. The molecule has 2 heterocycles. The highest BCUT2D eigenvalue weighted by Crippen LogP contribution is 2.34. The molecule has 0 spiro atoms. The van der Waals surface area contributed by atoms with Crippen molar-refractivity contribution in [2.24, 2.45) is 0 Å². The zero-order chi connectivity index (χ0) is 15.8. The molecule has 2 aromatic heterocycles. The smallest absolute Gasteiger partial charge is 0.151 e. The molecule has 3 nitrogen and oxygen atoms in total. The summed E-state index contributed by atoms with van der Waals surface area (Å²) in [5, 5.41) is 3.69. The molecule has 3 aromatic rings. The standard InChI is InChI=1S/C18H17ClFN3/c19-14-9-5-8-13(16(14)20)17-18(21-12-6-1-2-7-12)23-11-4-3-10-15(23)22-17/h3-5,8-12,21H,1-2,6-7H2. The van der Waals surface area contributed by atoms with Crippen molar-refractivity contribution in [1.82, 2.24) is 9.38 Å². The first-order valence-electron chi connectivity index (χ1n) is 7.92. The van der Waals surface area contributed by atoms with E-state index in [1.807, 2.05) is 28.8 Å². The summed E-state index contributed by atoms with van der Waals surface area (Å²) < 4.78 is 16.5. The minimum absolute atomic E-state index is 0.117. The van der Waals surface area contributed by atoms with Crippen molar-refractivity contribution in [1.29, 1.82) is 0 Å². The van der Waals surface area contributed by atoms with Crippen LogP contribution in [0.2, 0.25) is 5.02 Å². The van der Waals surface area contributed by atoms with E-state index in [2.05, 4.69) is 10.3 Å². The molecule has 0 bridgehead atoms. The summed E-state index contributed by atoms with van der Waals surface area (Å²) in [6.45, 7) is 0. The largest absolute Gasteiger partial charge is 0.367 e. The van der Waals surface area contributed by atoms with Gasteiger partial charge in [-0.1, -0.05) is 36.6 Å². The molecular weight excluding hydrogens is 313 g/mol. The molecule has 1 saturated carbocycles. The van der Waals surface area contributed by atoms with Crippen LogP contribution in [0, 0.1) is 5.82 Å². The van der Waals surface area contributed by atoms with Crippen LogP contribution < -0.4 is 5.32 Å². The number of halogens is 2. The number of hydrogen-bond acceptors (Lipinski definition) is 2. The van der Waals surface area contributed by atoms with Crippen LogP contribution >= 0.6 is 11.6 Å². The van der Waals surface area contributed by atoms with Gasteiger partial charge in [-0.25, -0.2) is 9.37 Å². The van der Waals surface area contributed by atoms with Gasteiger partial charge in [-0.15, -0.1) is 0 Å². The van der Waals surface area contributed by atoms with Crippen LogP contribution in [-0.4, -0.2) is 15.4 Å². The Bertz CT molecular complexity index is 853. The van der Waals surface area contributed by atoms with Crippen LogP contribution in [0.5, 0.6) is 0 Å². The maximum atomic E-state index is 14.5. The fraction of sp³-hybridized carbons (Fsp3) is 0.278. The third kappa shape index (κ3) is 2.57. The van der Waals surface area contributed by atoms with Crippen molar-refractivity contribution in [2.75, 3.05) is 5.32 Å². The highest BCUT2D eigenvalue weighted by molar-refractivity contribution is 6.31. The summed E-state index contributed by atoms with van der Waals surface area (Å²) in [6, 6.07) is 11.3. The molecule has 23 heavy (non-hydrogen) atoms. The first-order chi connectivity index (χ1) is 11.2. The molecule has 1 fully saturated rings. The summed E-state index contributed by atoms with van der Waals surface area (Å²) in [6.07, 6.45) is 6.69. The van der Waals surface area contributed by atoms with Crippen LogP contribution in [0.4, 0.5) is 10.2 Å². The molecule has 1 aromatic carbocycles. The molecule has 0 saturated heterocycles. The average Bonchev–Trinajstić information content (AvgIpc) is 3.19. The Morgan fingerprint density at radius 3 is 2.78 bits per heavy atom. The van der Waals surface area contributed by atoms with E-state index in [0.29, 0.717) is 17.3 Å². The van der Waals surface area contributed by atoms with E-state index < -0.39 is 5.82 Å². The van der Waals surface area contributed by atoms with Crippen molar-refractivity contribution >= 4 is 23.1 Å². The number of benzene rings is 1. The Labute approximate surface area is 139 Å². The number of nitrogens with zero attached hydrogens (tertiary/aromatic N) is 2. The van der Waals surface area contributed by atoms with Gasteiger partial charge in [0.25, 0.3) is 0 Å². The van der Waals surface area contributed by atoms with E-state index in [1.165, 1.54) is 12.8 Å². The lowest BCUT2D eigenvalue weighted by molar-refractivity contribution is 0.631. The monoisotopic (exact) mass is 329 g/mol. The fourth-order valence-electron chi connectivity index (χ4n) is 3.27. The molecule has 0 radical (unpaired) electrons. The number of anilines is 1. The Kier molecular flexibility index (Phi) is 3.69. The molecular formula is C18H17ClFN3. The zero-order valence-electron chi connectivity index (χ0n) is 12.6.